The fraction of sp³-hybridized carbons (Fsp3) is 0.818. The molecular formula is C22H38O9. The first-order valence-electron chi connectivity index (χ1n) is 10.6. The van der Waals surface area contributed by atoms with E-state index in [4.69, 9.17) is 9.84 Å². The molecule has 0 aromatic carbocycles. The Kier molecular flexibility index (Phi) is 11.8. The Bertz CT molecular complexity index is 624. The summed E-state index contributed by atoms with van der Waals surface area (Å²) in [5, 5.41) is 38.6. The highest BCUT2D eigenvalue weighted by atomic mass is 16.5. The molecule has 0 fully saturated rings. The zero-order valence-electron chi connectivity index (χ0n) is 19.2. The number of carboxylic acids is 3. The molecule has 0 saturated carbocycles. The van der Waals surface area contributed by atoms with Gasteiger partial charge in [-0.25, -0.2) is 0 Å². The molecule has 0 spiro atoms. The summed E-state index contributed by atoms with van der Waals surface area (Å²) >= 11 is 0. The fourth-order valence-electron chi connectivity index (χ4n) is 3.51. The van der Waals surface area contributed by atoms with E-state index in [1.807, 2.05) is 0 Å². The Labute approximate surface area is 183 Å². The molecule has 9 heteroatoms. The molecule has 0 aliphatic heterocycles. The summed E-state index contributed by atoms with van der Waals surface area (Å²) in [6.07, 6.45) is 1.17. The Morgan fingerprint density at radius 2 is 1.13 bits per heavy atom. The van der Waals surface area contributed by atoms with Gasteiger partial charge in [-0.2, -0.15) is 0 Å². The molecule has 0 bridgehead atoms. The Balaban J connectivity index is 4.84. The highest BCUT2D eigenvalue weighted by molar-refractivity contribution is 5.76. The molecule has 0 aromatic heterocycles. The third-order valence-electron chi connectivity index (χ3n) is 5.91. The molecular weight excluding hydrogens is 408 g/mol. The Morgan fingerprint density at radius 3 is 1.45 bits per heavy atom. The zero-order chi connectivity index (χ0) is 24.4. The van der Waals surface area contributed by atoms with Crippen LogP contribution >= 0.6 is 0 Å². The maximum Gasteiger partial charge on any atom is 0.311 e. The maximum absolute atomic E-state index is 11.7. The Hall–Kier alpha value is -2.16. The average Bonchev–Trinajstić information content (AvgIpc) is 2.65. The van der Waals surface area contributed by atoms with Crippen LogP contribution in [0.3, 0.4) is 0 Å². The van der Waals surface area contributed by atoms with E-state index < -0.39 is 46.7 Å². The maximum atomic E-state index is 11.7. The van der Waals surface area contributed by atoms with E-state index in [1.54, 1.807) is 27.7 Å². The molecule has 0 rings (SSSR count). The van der Waals surface area contributed by atoms with Crippen molar-refractivity contribution in [2.24, 2.45) is 22.7 Å². The topological polar surface area (TPSA) is 158 Å². The summed E-state index contributed by atoms with van der Waals surface area (Å²) in [6, 6.07) is 0. The molecule has 0 radical (unpaired) electrons. The second-order valence-corrected chi connectivity index (χ2v) is 9.44. The van der Waals surface area contributed by atoms with Crippen molar-refractivity contribution in [3.8, 4) is 0 Å². The van der Waals surface area contributed by atoms with Crippen molar-refractivity contribution in [3.63, 3.8) is 0 Å². The van der Waals surface area contributed by atoms with Gasteiger partial charge in [-0.3, -0.25) is 19.2 Å². The summed E-state index contributed by atoms with van der Waals surface area (Å²) in [5.74, 6) is -6.33. The van der Waals surface area contributed by atoms with Crippen molar-refractivity contribution < 1.29 is 44.3 Å². The number of aliphatic hydroxyl groups is 1. The number of carbonyl (C=O) groups excluding carboxylic acids is 1. The van der Waals surface area contributed by atoms with Crippen molar-refractivity contribution in [3.05, 3.63) is 0 Å². The zero-order valence-corrected chi connectivity index (χ0v) is 19.2. The SMILES string of the molecule is COC(=O)C(C)(C)CCCCC(C(=O)O)C(O)C(CCCCC(C)(C)C(=O)O)C(=O)O. The highest BCUT2D eigenvalue weighted by Crippen LogP contribution is 2.29. The first-order chi connectivity index (χ1) is 14.2. The minimum Gasteiger partial charge on any atom is -0.481 e. The smallest absolute Gasteiger partial charge is 0.311 e. The number of ether oxygens (including phenoxy) is 1. The molecule has 9 nitrogen and oxygen atoms in total. The van der Waals surface area contributed by atoms with Gasteiger partial charge in [-0.1, -0.05) is 25.7 Å². The minimum absolute atomic E-state index is 0.0609. The molecule has 4 N–H and O–H groups in total. The normalized spacial score (nSPS) is 15.0. The molecule has 0 aromatic rings. The van der Waals surface area contributed by atoms with Crippen LogP contribution in [0.1, 0.15) is 79.1 Å². The number of hydrogen-bond donors (Lipinski definition) is 4. The lowest BCUT2D eigenvalue weighted by Gasteiger charge is -2.26. The van der Waals surface area contributed by atoms with E-state index in [0.29, 0.717) is 38.5 Å². The first-order valence-corrected chi connectivity index (χ1v) is 10.6. The van der Waals surface area contributed by atoms with Crippen LogP contribution in [0.5, 0.6) is 0 Å². The number of rotatable bonds is 16. The molecule has 0 amide bonds. The number of carboxylic acid groups (broad SMARTS) is 3. The third kappa shape index (κ3) is 9.67. The van der Waals surface area contributed by atoms with Gasteiger partial charge in [0.1, 0.15) is 0 Å². The van der Waals surface area contributed by atoms with Crippen LogP contribution in [0.2, 0.25) is 0 Å². The van der Waals surface area contributed by atoms with Crippen molar-refractivity contribution >= 4 is 23.9 Å². The quantitative estimate of drug-likeness (QED) is 0.206. The van der Waals surface area contributed by atoms with Crippen molar-refractivity contribution in [2.75, 3.05) is 7.11 Å². The summed E-state index contributed by atoms with van der Waals surface area (Å²) in [7, 11) is 1.30. The van der Waals surface area contributed by atoms with Gasteiger partial charge < -0.3 is 25.2 Å². The largest absolute Gasteiger partial charge is 0.481 e. The molecule has 0 aliphatic carbocycles. The van der Waals surface area contributed by atoms with E-state index >= 15 is 0 Å². The number of aliphatic hydroxyl groups excluding tert-OH is 1. The highest BCUT2D eigenvalue weighted by Gasteiger charge is 2.37. The predicted molar refractivity (Wildman–Crippen MR) is 112 cm³/mol. The van der Waals surface area contributed by atoms with Gasteiger partial charge in [0.25, 0.3) is 0 Å². The number of esters is 1. The standard InChI is InChI=1S/C22H38O9/c1-21(2,19(28)29)12-8-6-10-14(17(24)25)16(23)15(18(26)27)11-7-9-13-22(3,4)20(30)31-5/h14-16,23H,6-13H2,1-5H3,(H,24,25)(H,26,27)(H,28,29). The number of carbonyl (C=O) groups is 4. The molecule has 31 heavy (non-hydrogen) atoms. The number of unbranched alkanes of at least 4 members (excludes halogenated alkanes) is 2. The predicted octanol–water partition coefficient (Wildman–Crippen LogP) is 3.18. The van der Waals surface area contributed by atoms with Crippen LogP contribution in [0.4, 0.5) is 0 Å². The van der Waals surface area contributed by atoms with Crippen LogP contribution in [0.15, 0.2) is 0 Å². The minimum atomic E-state index is -1.56. The summed E-state index contributed by atoms with van der Waals surface area (Å²) in [5.41, 5.74) is -1.64. The summed E-state index contributed by atoms with van der Waals surface area (Å²) in [6.45, 7) is 6.63. The van der Waals surface area contributed by atoms with Crippen molar-refractivity contribution in [1.82, 2.24) is 0 Å². The van der Waals surface area contributed by atoms with Gasteiger partial charge in [0, 0.05) is 0 Å². The second-order valence-electron chi connectivity index (χ2n) is 9.44. The van der Waals surface area contributed by atoms with E-state index in [0.717, 1.165) is 0 Å². The molecule has 3 atom stereocenters. The van der Waals surface area contributed by atoms with Crippen LogP contribution in [0, 0.1) is 22.7 Å². The lowest BCUT2D eigenvalue weighted by Crippen LogP contribution is -2.38. The van der Waals surface area contributed by atoms with Gasteiger partial charge in [-0.15, -0.1) is 0 Å². The van der Waals surface area contributed by atoms with Crippen LogP contribution in [-0.4, -0.2) is 57.5 Å². The number of aliphatic carboxylic acids is 3. The molecule has 180 valence electrons. The molecule has 0 aliphatic rings. The van der Waals surface area contributed by atoms with Crippen molar-refractivity contribution in [1.29, 1.82) is 0 Å². The van der Waals surface area contributed by atoms with Gasteiger partial charge in [0.15, 0.2) is 0 Å². The number of methoxy groups -OCH3 is 1. The first kappa shape index (κ1) is 28.8. The molecule has 0 saturated heterocycles. The van der Waals surface area contributed by atoms with E-state index in [-0.39, 0.29) is 18.8 Å². The number of hydrogen-bond acceptors (Lipinski definition) is 6. The molecule has 3 unspecified atom stereocenters. The van der Waals surface area contributed by atoms with Crippen molar-refractivity contribution in [2.45, 2.75) is 85.2 Å². The van der Waals surface area contributed by atoms with Gasteiger partial charge in [-0.05, 0) is 53.4 Å². The summed E-state index contributed by atoms with van der Waals surface area (Å²) in [4.78, 5) is 46.2. The van der Waals surface area contributed by atoms with Crippen LogP contribution < -0.4 is 0 Å². The van der Waals surface area contributed by atoms with E-state index in [9.17, 15) is 34.5 Å². The third-order valence-corrected chi connectivity index (χ3v) is 5.91. The van der Waals surface area contributed by atoms with Gasteiger partial charge in [0.2, 0.25) is 0 Å². The van der Waals surface area contributed by atoms with Crippen LogP contribution in [0.25, 0.3) is 0 Å². The lowest BCUT2D eigenvalue weighted by atomic mass is 9.81. The Morgan fingerprint density at radius 1 is 0.742 bits per heavy atom. The van der Waals surface area contributed by atoms with E-state index in [2.05, 4.69) is 0 Å². The van der Waals surface area contributed by atoms with Gasteiger partial charge >= 0.3 is 23.9 Å². The average molecular weight is 447 g/mol. The monoisotopic (exact) mass is 446 g/mol. The summed E-state index contributed by atoms with van der Waals surface area (Å²) < 4.78 is 4.74. The van der Waals surface area contributed by atoms with Crippen LogP contribution in [-0.2, 0) is 23.9 Å². The fourth-order valence-corrected chi connectivity index (χ4v) is 3.51. The van der Waals surface area contributed by atoms with E-state index in [1.165, 1.54) is 7.11 Å². The lowest BCUT2D eigenvalue weighted by molar-refractivity contribution is -0.155. The second kappa shape index (κ2) is 12.6. The van der Waals surface area contributed by atoms with Gasteiger partial charge in [0.05, 0.1) is 35.9 Å². The molecule has 0 heterocycles.